The van der Waals surface area contributed by atoms with Crippen molar-refractivity contribution in [2.24, 2.45) is 0 Å². The van der Waals surface area contributed by atoms with Gasteiger partial charge < -0.3 is 14.9 Å². The second kappa shape index (κ2) is 5.72. The Labute approximate surface area is 108 Å². The molecular weight excluding hydrogens is 228 g/mol. The van der Waals surface area contributed by atoms with Gasteiger partial charge in [0.15, 0.2) is 0 Å². The lowest BCUT2D eigenvalue weighted by Crippen LogP contribution is -2.32. The summed E-state index contributed by atoms with van der Waals surface area (Å²) in [5.74, 6) is 0.782. The summed E-state index contributed by atoms with van der Waals surface area (Å²) in [4.78, 5) is 0. The summed E-state index contributed by atoms with van der Waals surface area (Å²) in [7, 11) is 0. The molecule has 3 heteroatoms. The normalized spacial score (nSPS) is 19.7. The van der Waals surface area contributed by atoms with Gasteiger partial charge in [0.2, 0.25) is 0 Å². The highest BCUT2D eigenvalue weighted by Gasteiger charge is 2.31. The summed E-state index contributed by atoms with van der Waals surface area (Å²) < 4.78 is 5.64. The Kier molecular flexibility index (Phi) is 4.25. The maximum atomic E-state index is 10.2. The highest BCUT2D eigenvalue weighted by Crippen LogP contribution is 2.30. The molecule has 100 valence electrons. The van der Waals surface area contributed by atoms with Gasteiger partial charge in [0.25, 0.3) is 0 Å². The molecule has 0 heterocycles. The zero-order chi connectivity index (χ0) is 13.0. The topological polar surface area (TPSA) is 49.7 Å². The molecule has 1 saturated carbocycles. The van der Waals surface area contributed by atoms with E-state index >= 15 is 0 Å². The fourth-order valence-electron chi connectivity index (χ4n) is 2.46. The molecule has 0 radical (unpaired) electrons. The van der Waals surface area contributed by atoms with Crippen LogP contribution in [0.4, 0.5) is 0 Å². The number of aliphatic hydroxyl groups is 2. The molecule has 0 amide bonds. The fraction of sp³-hybridized carbons (Fsp3) is 0.600. The third-order valence-electron chi connectivity index (χ3n) is 3.50. The Bertz CT molecular complexity index is 364. The SMILES string of the molecule is CC(O)Cc1ccc(OCC2(O)CCCC2)cc1. The fourth-order valence-corrected chi connectivity index (χ4v) is 2.46. The van der Waals surface area contributed by atoms with Crippen LogP contribution in [-0.4, -0.2) is 28.5 Å². The lowest BCUT2D eigenvalue weighted by Gasteiger charge is -2.22. The van der Waals surface area contributed by atoms with Gasteiger partial charge in [0.1, 0.15) is 12.4 Å². The maximum absolute atomic E-state index is 10.2. The highest BCUT2D eigenvalue weighted by atomic mass is 16.5. The van der Waals surface area contributed by atoms with Crippen molar-refractivity contribution in [1.29, 1.82) is 0 Å². The largest absolute Gasteiger partial charge is 0.491 e. The molecule has 0 spiro atoms. The van der Waals surface area contributed by atoms with Crippen LogP contribution in [-0.2, 0) is 6.42 Å². The van der Waals surface area contributed by atoms with Gasteiger partial charge in [-0.25, -0.2) is 0 Å². The number of benzene rings is 1. The Hall–Kier alpha value is -1.06. The van der Waals surface area contributed by atoms with Gasteiger partial charge in [0, 0.05) is 0 Å². The van der Waals surface area contributed by atoms with E-state index < -0.39 is 5.60 Å². The molecule has 3 nitrogen and oxygen atoms in total. The number of rotatable bonds is 5. The van der Waals surface area contributed by atoms with Crippen LogP contribution in [0.5, 0.6) is 5.75 Å². The molecule has 1 fully saturated rings. The van der Waals surface area contributed by atoms with E-state index in [-0.39, 0.29) is 6.10 Å². The quantitative estimate of drug-likeness (QED) is 0.843. The van der Waals surface area contributed by atoms with Crippen LogP contribution in [0.15, 0.2) is 24.3 Å². The highest BCUT2D eigenvalue weighted by molar-refractivity contribution is 5.27. The number of aliphatic hydroxyl groups excluding tert-OH is 1. The molecule has 0 aromatic heterocycles. The van der Waals surface area contributed by atoms with Crippen LogP contribution >= 0.6 is 0 Å². The van der Waals surface area contributed by atoms with Crippen LogP contribution in [0, 0.1) is 0 Å². The Morgan fingerprint density at radius 3 is 2.39 bits per heavy atom. The van der Waals surface area contributed by atoms with E-state index in [1.807, 2.05) is 24.3 Å². The Morgan fingerprint density at radius 2 is 1.83 bits per heavy atom. The molecule has 0 saturated heterocycles. The zero-order valence-electron chi connectivity index (χ0n) is 10.9. The van der Waals surface area contributed by atoms with Gasteiger partial charge in [-0.3, -0.25) is 0 Å². The number of ether oxygens (including phenoxy) is 1. The number of hydrogen-bond acceptors (Lipinski definition) is 3. The smallest absolute Gasteiger partial charge is 0.119 e. The van der Waals surface area contributed by atoms with Gasteiger partial charge in [-0.15, -0.1) is 0 Å². The average Bonchev–Trinajstić information content (AvgIpc) is 2.75. The summed E-state index contributed by atoms with van der Waals surface area (Å²) in [6.45, 7) is 2.16. The van der Waals surface area contributed by atoms with Gasteiger partial charge in [-0.2, -0.15) is 0 Å². The minimum absolute atomic E-state index is 0.323. The molecule has 2 rings (SSSR count). The Balaban J connectivity index is 1.86. The van der Waals surface area contributed by atoms with Crippen LogP contribution in [0.2, 0.25) is 0 Å². The molecule has 2 N–H and O–H groups in total. The van der Waals surface area contributed by atoms with Gasteiger partial charge in [-0.05, 0) is 43.9 Å². The molecule has 1 unspecified atom stereocenters. The summed E-state index contributed by atoms with van der Waals surface area (Å²) >= 11 is 0. The predicted octanol–water partition coefficient (Wildman–Crippen LogP) is 2.29. The van der Waals surface area contributed by atoms with Gasteiger partial charge >= 0.3 is 0 Å². The van der Waals surface area contributed by atoms with Crippen molar-refractivity contribution in [3.63, 3.8) is 0 Å². The van der Waals surface area contributed by atoms with Crippen molar-refractivity contribution in [1.82, 2.24) is 0 Å². The molecule has 1 aromatic rings. The van der Waals surface area contributed by atoms with E-state index in [0.29, 0.717) is 13.0 Å². The molecule has 0 aliphatic heterocycles. The minimum Gasteiger partial charge on any atom is -0.491 e. The average molecular weight is 250 g/mol. The predicted molar refractivity (Wildman–Crippen MR) is 70.7 cm³/mol. The summed E-state index contributed by atoms with van der Waals surface area (Å²) in [5.41, 5.74) is 0.468. The lowest BCUT2D eigenvalue weighted by molar-refractivity contribution is 0.00140. The van der Waals surface area contributed by atoms with Crippen molar-refractivity contribution in [3.05, 3.63) is 29.8 Å². The minimum atomic E-state index is -0.627. The second-order valence-corrected chi connectivity index (χ2v) is 5.42. The maximum Gasteiger partial charge on any atom is 0.119 e. The zero-order valence-corrected chi connectivity index (χ0v) is 10.9. The standard InChI is InChI=1S/C15H22O3/c1-12(16)10-13-4-6-14(7-5-13)18-11-15(17)8-2-3-9-15/h4-7,12,16-17H,2-3,8-11H2,1H3. The van der Waals surface area contributed by atoms with E-state index in [9.17, 15) is 10.2 Å². The van der Waals surface area contributed by atoms with Crippen molar-refractivity contribution in [3.8, 4) is 5.75 Å². The van der Waals surface area contributed by atoms with E-state index in [1.165, 1.54) is 0 Å². The monoisotopic (exact) mass is 250 g/mol. The van der Waals surface area contributed by atoms with Crippen molar-refractivity contribution < 1.29 is 14.9 Å². The third-order valence-corrected chi connectivity index (χ3v) is 3.50. The van der Waals surface area contributed by atoms with Crippen LogP contribution in [0.3, 0.4) is 0 Å². The summed E-state index contributed by atoms with van der Waals surface area (Å²) in [6.07, 6.45) is 4.20. The van der Waals surface area contributed by atoms with Crippen LogP contribution in [0.25, 0.3) is 0 Å². The van der Waals surface area contributed by atoms with Crippen molar-refractivity contribution in [2.45, 2.75) is 50.7 Å². The van der Waals surface area contributed by atoms with E-state index in [1.54, 1.807) is 6.92 Å². The first-order valence-corrected chi connectivity index (χ1v) is 6.70. The number of hydrogen-bond donors (Lipinski definition) is 2. The summed E-state index contributed by atoms with van der Waals surface area (Å²) in [5, 5.41) is 19.5. The first-order valence-electron chi connectivity index (χ1n) is 6.70. The van der Waals surface area contributed by atoms with E-state index in [0.717, 1.165) is 37.0 Å². The van der Waals surface area contributed by atoms with Gasteiger partial charge in [0.05, 0.1) is 11.7 Å². The molecule has 1 atom stereocenters. The second-order valence-electron chi connectivity index (χ2n) is 5.42. The molecule has 1 aliphatic carbocycles. The van der Waals surface area contributed by atoms with Gasteiger partial charge in [-0.1, -0.05) is 25.0 Å². The van der Waals surface area contributed by atoms with E-state index in [4.69, 9.17) is 4.74 Å². The molecule has 1 aromatic carbocycles. The first-order chi connectivity index (χ1) is 8.57. The molecule has 18 heavy (non-hydrogen) atoms. The molecule has 0 bridgehead atoms. The van der Waals surface area contributed by atoms with Crippen molar-refractivity contribution >= 4 is 0 Å². The third kappa shape index (κ3) is 3.72. The van der Waals surface area contributed by atoms with Crippen LogP contribution in [0.1, 0.15) is 38.2 Å². The molecule has 1 aliphatic rings. The molecular formula is C15H22O3. The first kappa shape index (κ1) is 13.4. The van der Waals surface area contributed by atoms with Crippen LogP contribution < -0.4 is 4.74 Å². The lowest BCUT2D eigenvalue weighted by atomic mass is 10.0. The van der Waals surface area contributed by atoms with Crippen molar-refractivity contribution in [2.75, 3.05) is 6.61 Å². The van der Waals surface area contributed by atoms with E-state index in [2.05, 4.69) is 0 Å². The Morgan fingerprint density at radius 1 is 1.22 bits per heavy atom. The summed E-state index contributed by atoms with van der Waals surface area (Å²) in [6, 6.07) is 7.72.